The van der Waals surface area contributed by atoms with E-state index in [4.69, 9.17) is 15.2 Å². The van der Waals surface area contributed by atoms with Crippen molar-refractivity contribution >= 4 is 30.2 Å². The largest absolute Gasteiger partial charge is 0.489 e. The Morgan fingerprint density at radius 1 is 0.761 bits per heavy atom. The van der Waals surface area contributed by atoms with Crippen LogP contribution in [-0.2, 0) is 38.8 Å². The van der Waals surface area contributed by atoms with Gasteiger partial charge in [-0.3, -0.25) is 9.59 Å². The van der Waals surface area contributed by atoms with Crippen LogP contribution in [0.3, 0.4) is 0 Å². The fraction of sp³-hybridized carbons (Fsp3) is 0.417. The Morgan fingerprint density at radius 3 is 1.93 bits per heavy atom. The minimum atomic E-state index is -1.08. The fourth-order valence-corrected chi connectivity index (χ4v) is 4.80. The smallest absolute Gasteiger partial charge is 0.329 e. The van der Waals surface area contributed by atoms with Crippen molar-refractivity contribution in [1.29, 1.82) is 0 Å². The highest BCUT2D eigenvalue weighted by molar-refractivity contribution is 5.91. The first-order chi connectivity index (χ1) is 21.8. The second kappa shape index (κ2) is 21.0. The topological polar surface area (TPSA) is 140 Å². The summed E-state index contributed by atoms with van der Waals surface area (Å²) in [6, 6.07) is 25.3. The maximum Gasteiger partial charge on any atom is 0.329 e. The highest BCUT2D eigenvalue weighted by Gasteiger charge is 2.33. The van der Waals surface area contributed by atoms with Crippen LogP contribution in [0.2, 0.25) is 0 Å². The monoisotopic (exact) mass is 653 g/mol. The summed E-state index contributed by atoms with van der Waals surface area (Å²) in [7, 11) is 0. The SMILES string of the molecule is CC(C)C(NC(=O)C(NC(=O)CCCCCc1ccc(OCc2ccccc2)cc1)C(CN)CO)C(=O)OCc1ccccc1.Cl. The molecule has 5 N–H and O–H groups in total. The van der Waals surface area contributed by atoms with Crippen molar-refractivity contribution in [3.05, 3.63) is 102 Å². The highest BCUT2D eigenvalue weighted by atomic mass is 35.5. The van der Waals surface area contributed by atoms with E-state index in [0.29, 0.717) is 13.0 Å². The van der Waals surface area contributed by atoms with Gasteiger partial charge in [-0.15, -0.1) is 12.4 Å². The molecule has 2 amide bonds. The summed E-state index contributed by atoms with van der Waals surface area (Å²) in [5.74, 6) is -1.62. The zero-order chi connectivity index (χ0) is 32.4. The van der Waals surface area contributed by atoms with Gasteiger partial charge in [0.1, 0.15) is 31.0 Å². The number of unbranched alkanes of at least 4 members (excludes halogenated alkanes) is 2. The molecular weight excluding hydrogens is 606 g/mol. The maximum atomic E-state index is 13.3. The fourth-order valence-electron chi connectivity index (χ4n) is 4.80. The molecule has 3 aromatic rings. The number of nitrogens with one attached hydrogen (secondary N) is 2. The van der Waals surface area contributed by atoms with E-state index in [0.717, 1.165) is 36.1 Å². The molecule has 0 aliphatic rings. The molecule has 0 saturated heterocycles. The second-order valence-electron chi connectivity index (χ2n) is 11.5. The average Bonchev–Trinajstić information content (AvgIpc) is 3.06. The van der Waals surface area contributed by atoms with Gasteiger partial charge in [-0.1, -0.05) is 93.1 Å². The van der Waals surface area contributed by atoms with Gasteiger partial charge in [0.25, 0.3) is 0 Å². The summed E-state index contributed by atoms with van der Waals surface area (Å²) in [4.78, 5) is 39.0. The number of nitrogens with two attached hydrogens (primary N) is 1. The van der Waals surface area contributed by atoms with Gasteiger partial charge >= 0.3 is 5.97 Å². The summed E-state index contributed by atoms with van der Waals surface area (Å²) in [5, 5.41) is 15.3. The van der Waals surface area contributed by atoms with Crippen molar-refractivity contribution < 1.29 is 29.0 Å². The summed E-state index contributed by atoms with van der Waals surface area (Å²) in [5.41, 5.74) is 8.96. The van der Waals surface area contributed by atoms with Gasteiger partial charge in [-0.05, 0) is 60.5 Å². The Hall–Kier alpha value is -3.92. The lowest BCUT2D eigenvalue weighted by atomic mass is 9.97. The lowest BCUT2D eigenvalue weighted by molar-refractivity contribution is -0.150. The Kier molecular flexibility index (Phi) is 17.5. The van der Waals surface area contributed by atoms with Crippen LogP contribution in [0.15, 0.2) is 84.9 Å². The first-order valence-electron chi connectivity index (χ1n) is 15.7. The number of aliphatic hydroxyl groups is 1. The second-order valence-corrected chi connectivity index (χ2v) is 11.5. The molecule has 0 heterocycles. The Bertz CT molecular complexity index is 1300. The zero-order valence-corrected chi connectivity index (χ0v) is 27.5. The van der Waals surface area contributed by atoms with Gasteiger partial charge in [0, 0.05) is 18.9 Å². The first-order valence-corrected chi connectivity index (χ1v) is 15.7. The predicted octanol–water partition coefficient (Wildman–Crippen LogP) is 4.73. The van der Waals surface area contributed by atoms with Crippen LogP contribution in [0.5, 0.6) is 5.75 Å². The Morgan fingerprint density at radius 2 is 1.37 bits per heavy atom. The van der Waals surface area contributed by atoms with E-state index in [2.05, 4.69) is 22.8 Å². The van der Waals surface area contributed by atoms with E-state index in [1.807, 2.05) is 72.8 Å². The average molecular weight is 654 g/mol. The van der Waals surface area contributed by atoms with Crippen molar-refractivity contribution in [2.75, 3.05) is 13.2 Å². The number of halogens is 1. The number of hydrogen-bond donors (Lipinski definition) is 4. The Labute approximate surface area is 278 Å². The molecule has 46 heavy (non-hydrogen) atoms. The third-order valence-electron chi connectivity index (χ3n) is 7.59. The van der Waals surface area contributed by atoms with Crippen LogP contribution < -0.4 is 21.1 Å². The number of amides is 2. The normalized spacial score (nSPS) is 12.7. The third kappa shape index (κ3) is 13.2. The lowest BCUT2D eigenvalue weighted by Gasteiger charge is -2.28. The molecule has 10 heteroatoms. The van der Waals surface area contributed by atoms with Crippen molar-refractivity contribution in [1.82, 2.24) is 10.6 Å². The van der Waals surface area contributed by atoms with E-state index in [1.54, 1.807) is 13.8 Å². The minimum absolute atomic E-state index is 0. The molecule has 0 bridgehead atoms. The minimum Gasteiger partial charge on any atom is -0.489 e. The predicted molar refractivity (Wildman–Crippen MR) is 181 cm³/mol. The molecule has 9 nitrogen and oxygen atoms in total. The number of rotatable bonds is 19. The number of esters is 1. The maximum absolute atomic E-state index is 13.3. The summed E-state index contributed by atoms with van der Waals surface area (Å²) < 4.78 is 11.3. The molecule has 3 unspecified atom stereocenters. The van der Waals surface area contributed by atoms with Crippen molar-refractivity contribution in [3.63, 3.8) is 0 Å². The molecule has 0 aliphatic heterocycles. The number of aliphatic hydroxyl groups excluding tert-OH is 1. The molecule has 3 atom stereocenters. The van der Waals surface area contributed by atoms with Crippen LogP contribution in [0.4, 0.5) is 0 Å². The lowest BCUT2D eigenvalue weighted by Crippen LogP contribution is -2.57. The Balaban J connectivity index is 0.00000736. The van der Waals surface area contributed by atoms with E-state index < -0.39 is 36.5 Å². The standard InChI is InChI=1S/C36H47N3O6.ClH/c1-26(2)33(36(43)45-25-29-15-9-4-10-16-29)39-35(42)34(30(22-37)23-40)38-32(41)17-11-5-6-12-27-18-20-31(21-19-27)44-24-28-13-7-3-8-14-28;/h3-4,7-10,13-16,18-21,26,30,33-34,40H,5-6,11-12,17,22-25,37H2,1-2H3,(H,38,41)(H,39,42);1H. The van der Waals surface area contributed by atoms with Gasteiger partial charge in [-0.25, -0.2) is 4.79 Å². The van der Waals surface area contributed by atoms with E-state index in [-0.39, 0.29) is 43.8 Å². The van der Waals surface area contributed by atoms with Crippen LogP contribution in [0, 0.1) is 11.8 Å². The molecule has 250 valence electrons. The van der Waals surface area contributed by atoms with E-state index in [1.165, 1.54) is 5.56 Å². The van der Waals surface area contributed by atoms with Gasteiger partial charge in [0.05, 0.1) is 0 Å². The molecule has 0 aromatic heterocycles. The van der Waals surface area contributed by atoms with Gasteiger partial charge in [0.2, 0.25) is 11.8 Å². The number of carbonyl (C=O) groups excluding carboxylic acids is 3. The summed E-state index contributed by atoms with van der Waals surface area (Å²) >= 11 is 0. The van der Waals surface area contributed by atoms with Crippen molar-refractivity contribution in [2.45, 2.75) is 71.2 Å². The molecule has 0 fully saturated rings. The molecule has 3 aromatic carbocycles. The van der Waals surface area contributed by atoms with E-state index in [9.17, 15) is 19.5 Å². The number of ether oxygens (including phenoxy) is 2. The first kappa shape index (κ1) is 38.3. The van der Waals surface area contributed by atoms with Crippen molar-refractivity contribution in [2.24, 2.45) is 17.6 Å². The van der Waals surface area contributed by atoms with Gasteiger partial charge < -0.3 is 30.9 Å². The van der Waals surface area contributed by atoms with Crippen LogP contribution >= 0.6 is 12.4 Å². The summed E-state index contributed by atoms with van der Waals surface area (Å²) in [6.45, 7) is 3.78. The number of benzene rings is 3. The van der Waals surface area contributed by atoms with Gasteiger partial charge in [0.15, 0.2) is 0 Å². The van der Waals surface area contributed by atoms with Crippen LogP contribution in [0.1, 0.15) is 56.2 Å². The number of aryl methyl sites for hydroxylation is 1. The molecule has 0 spiro atoms. The van der Waals surface area contributed by atoms with Crippen molar-refractivity contribution in [3.8, 4) is 5.75 Å². The van der Waals surface area contributed by atoms with E-state index >= 15 is 0 Å². The molecule has 0 saturated carbocycles. The summed E-state index contributed by atoms with van der Waals surface area (Å²) in [6.07, 6.45) is 3.49. The van der Waals surface area contributed by atoms with Crippen LogP contribution in [0.25, 0.3) is 0 Å². The zero-order valence-electron chi connectivity index (χ0n) is 26.7. The molecular formula is C36H48ClN3O6. The third-order valence-corrected chi connectivity index (χ3v) is 7.59. The molecule has 0 radical (unpaired) electrons. The van der Waals surface area contributed by atoms with Crippen LogP contribution in [-0.4, -0.2) is 48.1 Å². The number of hydrogen-bond acceptors (Lipinski definition) is 7. The quantitative estimate of drug-likeness (QED) is 0.108. The number of carbonyl (C=O) groups is 3. The van der Waals surface area contributed by atoms with Gasteiger partial charge in [-0.2, -0.15) is 0 Å². The molecule has 0 aliphatic carbocycles. The molecule has 3 rings (SSSR count). The highest BCUT2D eigenvalue weighted by Crippen LogP contribution is 2.17.